The summed E-state index contributed by atoms with van der Waals surface area (Å²) in [5.41, 5.74) is 2.92. The number of ether oxygens (including phenoxy) is 1. The van der Waals surface area contributed by atoms with Crippen LogP contribution in [0, 0.1) is 0 Å². The van der Waals surface area contributed by atoms with Crippen LogP contribution in [0.4, 0.5) is 5.82 Å². The van der Waals surface area contributed by atoms with Crippen molar-refractivity contribution in [2.75, 3.05) is 19.1 Å². The Bertz CT molecular complexity index is 438. The summed E-state index contributed by atoms with van der Waals surface area (Å²) < 4.78 is 5.48. The molecule has 2 heterocycles. The summed E-state index contributed by atoms with van der Waals surface area (Å²) in [6.45, 7) is 2.67. The van der Waals surface area contributed by atoms with Gasteiger partial charge in [-0.3, -0.25) is 4.79 Å². The molecule has 3 N–H and O–H groups in total. The first-order valence-corrected chi connectivity index (χ1v) is 5.95. The van der Waals surface area contributed by atoms with Crippen LogP contribution in [0.3, 0.4) is 0 Å². The predicted octanol–water partition coefficient (Wildman–Crippen LogP) is 0.617. The Hall–Kier alpha value is -1.66. The van der Waals surface area contributed by atoms with Gasteiger partial charge in [0.25, 0.3) is 5.91 Å². The number of anilines is 1. The van der Waals surface area contributed by atoms with Gasteiger partial charge in [-0.25, -0.2) is 10.8 Å². The average molecular weight is 250 g/mol. The molecule has 0 saturated carbocycles. The highest BCUT2D eigenvalue weighted by Gasteiger charge is 2.31. The summed E-state index contributed by atoms with van der Waals surface area (Å²) in [6.07, 6.45) is 2.51. The van der Waals surface area contributed by atoms with Crippen LogP contribution in [0.15, 0.2) is 18.3 Å². The second-order valence-corrected chi connectivity index (χ2v) is 4.39. The molecular weight excluding hydrogens is 232 g/mol. The lowest BCUT2D eigenvalue weighted by atomic mass is 10.1. The van der Waals surface area contributed by atoms with Gasteiger partial charge in [-0.05, 0) is 25.5 Å². The summed E-state index contributed by atoms with van der Waals surface area (Å²) in [4.78, 5) is 18.1. The Labute approximate surface area is 106 Å². The molecule has 0 aromatic carbocycles. The van der Waals surface area contributed by atoms with Crippen LogP contribution >= 0.6 is 0 Å². The first kappa shape index (κ1) is 12.8. The monoisotopic (exact) mass is 250 g/mol. The molecule has 0 spiro atoms. The van der Waals surface area contributed by atoms with Crippen LogP contribution in [0.5, 0.6) is 0 Å². The maximum atomic E-state index is 12.4. The van der Waals surface area contributed by atoms with Crippen molar-refractivity contribution < 1.29 is 9.53 Å². The standard InChI is InChI=1S/C12H18N4O2/c1-8-10(5-7-18-8)16(2)12(17)9-4-3-6-14-11(9)15-13/h3-4,6,8,10H,5,7,13H2,1-2H3,(H,14,15). The number of rotatable bonds is 3. The van der Waals surface area contributed by atoms with E-state index >= 15 is 0 Å². The molecule has 0 radical (unpaired) electrons. The maximum Gasteiger partial charge on any atom is 0.257 e. The molecule has 6 heteroatoms. The van der Waals surface area contributed by atoms with E-state index in [1.807, 2.05) is 6.92 Å². The lowest BCUT2D eigenvalue weighted by molar-refractivity contribution is 0.0575. The lowest BCUT2D eigenvalue weighted by Crippen LogP contribution is -2.41. The molecule has 6 nitrogen and oxygen atoms in total. The van der Waals surface area contributed by atoms with E-state index in [2.05, 4.69) is 10.4 Å². The molecule has 1 aromatic rings. The summed E-state index contributed by atoms with van der Waals surface area (Å²) in [5.74, 6) is 5.65. The van der Waals surface area contributed by atoms with Crippen molar-refractivity contribution in [3.05, 3.63) is 23.9 Å². The summed E-state index contributed by atoms with van der Waals surface area (Å²) >= 11 is 0. The molecule has 2 atom stereocenters. The predicted molar refractivity (Wildman–Crippen MR) is 68.0 cm³/mol. The molecule has 0 aliphatic carbocycles. The molecule has 1 fully saturated rings. The molecule has 18 heavy (non-hydrogen) atoms. The largest absolute Gasteiger partial charge is 0.376 e. The van der Waals surface area contributed by atoms with Gasteiger partial charge in [0.2, 0.25) is 0 Å². The maximum absolute atomic E-state index is 12.4. The Morgan fingerprint density at radius 3 is 3.06 bits per heavy atom. The van der Waals surface area contributed by atoms with E-state index in [4.69, 9.17) is 10.6 Å². The third-order valence-corrected chi connectivity index (χ3v) is 3.33. The number of carbonyl (C=O) groups is 1. The number of carbonyl (C=O) groups excluding carboxylic acids is 1. The normalized spacial score (nSPS) is 22.8. The van der Waals surface area contributed by atoms with Gasteiger partial charge < -0.3 is 15.1 Å². The fourth-order valence-corrected chi connectivity index (χ4v) is 2.26. The van der Waals surface area contributed by atoms with Gasteiger partial charge >= 0.3 is 0 Å². The number of likely N-dealkylation sites (N-methyl/N-ethyl adjacent to an activating group) is 1. The summed E-state index contributed by atoms with van der Waals surface area (Å²) in [5, 5.41) is 0. The van der Waals surface area contributed by atoms with E-state index in [-0.39, 0.29) is 18.1 Å². The van der Waals surface area contributed by atoms with Crippen LogP contribution < -0.4 is 11.3 Å². The zero-order valence-corrected chi connectivity index (χ0v) is 10.6. The molecule has 1 aliphatic heterocycles. The zero-order chi connectivity index (χ0) is 13.1. The molecule has 1 saturated heterocycles. The number of hydrogen-bond acceptors (Lipinski definition) is 5. The number of nitrogen functional groups attached to an aromatic ring is 1. The number of nitrogens with zero attached hydrogens (tertiary/aromatic N) is 2. The minimum atomic E-state index is -0.0987. The van der Waals surface area contributed by atoms with Gasteiger partial charge in [-0.1, -0.05) is 0 Å². The fraction of sp³-hybridized carbons (Fsp3) is 0.500. The Balaban J connectivity index is 2.20. The smallest absolute Gasteiger partial charge is 0.257 e. The van der Waals surface area contributed by atoms with E-state index in [0.29, 0.717) is 18.0 Å². The lowest BCUT2D eigenvalue weighted by Gasteiger charge is -2.27. The van der Waals surface area contributed by atoms with Crippen molar-refractivity contribution in [1.29, 1.82) is 0 Å². The quantitative estimate of drug-likeness (QED) is 0.607. The first-order chi connectivity index (χ1) is 8.65. The number of hydrazine groups is 1. The second-order valence-electron chi connectivity index (χ2n) is 4.39. The van der Waals surface area contributed by atoms with Gasteiger partial charge in [0.15, 0.2) is 5.82 Å². The van der Waals surface area contributed by atoms with Gasteiger partial charge in [0.1, 0.15) is 0 Å². The number of nitrogens with one attached hydrogen (secondary N) is 1. The fourth-order valence-electron chi connectivity index (χ4n) is 2.26. The summed E-state index contributed by atoms with van der Waals surface area (Å²) in [6, 6.07) is 3.53. The van der Waals surface area contributed by atoms with Gasteiger partial charge in [0, 0.05) is 19.9 Å². The Morgan fingerprint density at radius 1 is 1.67 bits per heavy atom. The van der Waals surface area contributed by atoms with Crippen LogP contribution in [-0.4, -0.2) is 41.6 Å². The topological polar surface area (TPSA) is 80.5 Å². The third-order valence-electron chi connectivity index (χ3n) is 3.33. The number of nitrogens with two attached hydrogens (primary N) is 1. The van der Waals surface area contributed by atoms with Crippen LogP contribution in [0.2, 0.25) is 0 Å². The minimum absolute atomic E-state index is 0.0601. The second kappa shape index (κ2) is 5.32. The highest BCUT2D eigenvalue weighted by molar-refractivity contribution is 5.98. The molecular formula is C12H18N4O2. The molecule has 2 rings (SSSR count). The van der Waals surface area contributed by atoms with Crippen molar-refractivity contribution in [2.24, 2.45) is 5.84 Å². The number of amides is 1. The van der Waals surface area contributed by atoms with Gasteiger partial charge in [0.05, 0.1) is 17.7 Å². The highest BCUT2D eigenvalue weighted by Crippen LogP contribution is 2.21. The zero-order valence-electron chi connectivity index (χ0n) is 10.6. The van der Waals surface area contributed by atoms with E-state index in [0.717, 1.165) is 6.42 Å². The number of hydrogen-bond donors (Lipinski definition) is 2. The highest BCUT2D eigenvalue weighted by atomic mass is 16.5. The summed E-state index contributed by atoms with van der Waals surface area (Å²) in [7, 11) is 1.78. The van der Waals surface area contributed by atoms with Crippen molar-refractivity contribution in [1.82, 2.24) is 9.88 Å². The van der Waals surface area contributed by atoms with Crippen LogP contribution in [-0.2, 0) is 4.74 Å². The molecule has 2 unspecified atom stereocenters. The van der Waals surface area contributed by atoms with E-state index < -0.39 is 0 Å². The Morgan fingerprint density at radius 2 is 2.44 bits per heavy atom. The molecule has 1 amide bonds. The van der Waals surface area contributed by atoms with Crippen LogP contribution in [0.25, 0.3) is 0 Å². The average Bonchev–Trinajstić information content (AvgIpc) is 2.83. The number of aromatic nitrogens is 1. The van der Waals surface area contributed by atoms with Crippen molar-refractivity contribution in [3.8, 4) is 0 Å². The first-order valence-electron chi connectivity index (χ1n) is 5.95. The minimum Gasteiger partial charge on any atom is -0.376 e. The van der Waals surface area contributed by atoms with Gasteiger partial charge in [-0.2, -0.15) is 0 Å². The molecule has 98 valence electrons. The number of pyridine rings is 1. The van der Waals surface area contributed by atoms with Crippen LogP contribution in [0.1, 0.15) is 23.7 Å². The van der Waals surface area contributed by atoms with Crippen molar-refractivity contribution >= 4 is 11.7 Å². The van der Waals surface area contributed by atoms with Crippen molar-refractivity contribution in [3.63, 3.8) is 0 Å². The van der Waals surface area contributed by atoms with E-state index in [9.17, 15) is 4.79 Å². The molecule has 1 aromatic heterocycles. The third kappa shape index (κ3) is 2.30. The Kier molecular flexibility index (Phi) is 3.78. The van der Waals surface area contributed by atoms with E-state index in [1.165, 1.54) is 0 Å². The SMILES string of the molecule is CC1OCCC1N(C)C(=O)c1cccnc1NN. The molecule has 1 aliphatic rings. The van der Waals surface area contributed by atoms with E-state index in [1.54, 1.807) is 30.3 Å². The molecule has 0 bridgehead atoms. The van der Waals surface area contributed by atoms with Crippen molar-refractivity contribution in [2.45, 2.75) is 25.5 Å². The van der Waals surface area contributed by atoms with Gasteiger partial charge in [-0.15, -0.1) is 0 Å².